The molecule has 1 heterocycles. The average molecular weight is 666 g/mol. The van der Waals surface area contributed by atoms with Crippen LogP contribution in [0.5, 0.6) is 5.75 Å². The van der Waals surface area contributed by atoms with Crippen molar-refractivity contribution >= 4 is 29.6 Å². The Hall–Kier alpha value is -4.66. The molecule has 0 spiro atoms. The lowest BCUT2D eigenvalue weighted by Crippen LogP contribution is -2.58. The number of likely N-dealkylation sites (tertiary alicyclic amines) is 1. The Balaban J connectivity index is 0.000000984. The van der Waals surface area contributed by atoms with Gasteiger partial charge in [-0.1, -0.05) is 50.2 Å². The number of nitrogens with zero attached hydrogens (tertiary/aromatic N) is 1. The third kappa shape index (κ3) is 11.3. The number of halogens is 3. The number of ether oxygens (including phenoxy) is 1. The monoisotopic (exact) mass is 665 g/mol. The van der Waals surface area contributed by atoms with E-state index in [0.29, 0.717) is 19.4 Å². The summed E-state index contributed by atoms with van der Waals surface area (Å²) in [5, 5.41) is 15.6. The first-order valence-corrected chi connectivity index (χ1v) is 14.9. The van der Waals surface area contributed by atoms with Crippen LogP contribution >= 0.6 is 0 Å². The Morgan fingerprint density at radius 1 is 1.02 bits per heavy atom. The number of methoxy groups -OCH3 is 1. The minimum absolute atomic E-state index is 0.181. The summed E-state index contributed by atoms with van der Waals surface area (Å²) in [6.45, 7) is 5.79. The maximum Gasteiger partial charge on any atom is 0.490 e. The van der Waals surface area contributed by atoms with Crippen LogP contribution in [0.25, 0.3) is 11.1 Å². The molecule has 258 valence electrons. The Labute approximate surface area is 271 Å². The molecule has 47 heavy (non-hydrogen) atoms. The zero-order valence-electron chi connectivity index (χ0n) is 26.9. The quantitative estimate of drug-likeness (QED) is 0.229. The van der Waals surface area contributed by atoms with Gasteiger partial charge in [-0.05, 0) is 61.6 Å². The van der Waals surface area contributed by atoms with Crippen LogP contribution in [-0.2, 0) is 30.4 Å². The number of alkyl halides is 3. The number of likely N-dealkylation sites (N-methyl/N-ethyl adjacent to an activating group) is 1. The van der Waals surface area contributed by atoms with Crippen molar-refractivity contribution in [2.24, 2.45) is 11.7 Å². The Morgan fingerprint density at radius 2 is 1.62 bits per heavy atom. The largest absolute Gasteiger partial charge is 0.497 e. The summed E-state index contributed by atoms with van der Waals surface area (Å²) in [7, 11) is 3.28. The molecule has 15 heteroatoms. The maximum absolute atomic E-state index is 13.5. The van der Waals surface area contributed by atoms with Gasteiger partial charge >= 0.3 is 12.1 Å². The van der Waals surface area contributed by atoms with Gasteiger partial charge in [-0.25, -0.2) is 4.79 Å². The molecule has 3 rings (SSSR count). The Bertz CT molecular complexity index is 1420. The molecule has 12 nitrogen and oxygen atoms in total. The van der Waals surface area contributed by atoms with E-state index in [9.17, 15) is 32.3 Å². The third-order valence-corrected chi connectivity index (χ3v) is 7.57. The van der Waals surface area contributed by atoms with Crippen LogP contribution in [0.4, 0.5) is 13.2 Å². The van der Waals surface area contributed by atoms with Crippen molar-refractivity contribution in [3.05, 3.63) is 54.1 Å². The number of carbonyl (C=O) groups is 5. The second kappa shape index (κ2) is 17.3. The molecule has 0 aliphatic carbocycles. The molecule has 0 radical (unpaired) electrons. The number of aliphatic carboxylic acids is 1. The fraction of sp³-hybridized carbons (Fsp3) is 0.469. The van der Waals surface area contributed by atoms with E-state index < -0.39 is 48.1 Å². The normalized spacial score (nSPS) is 16.3. The average Bonchev–Trinajstić information content (AvgIpc) is 3.52. The summed E-state index contributed by atoms with van der Waals surface area (Å²) >= 11 is 0. The van der Waals surface area contributed by atoms with Crippen LogP contribution < -0.4 is 26.4 Å². The number of carboxylic acids is 1. The smallest absolute Gasteiger partial charge is 0.490 e. The van der Waals surface area contributed by atoms with Crippen LogP contribution in [0, 0.1) is 5.92 Å². The first kappa shape index (κ1) is 38.5. The summed E-state index contributed by atoms with van der Waals surface area (Å²) in [4.78, 5) is 62.1. The van der Waals surface area contributed by atoms with Crippen molar-refractivity contribution in [1.29, 1.82) is 0 Å². The number of nitrogens with one attached hydrogen (secondary N) is 3. The zero-order valence-corrected chi connectivity index (χ0v) is 26.9. The van der Waals surface area contributed by atoms with Crippen molar-refractivity contribution in [3.63, 3.8) is 0 Å². The number of amides is 4. The Kier molecular flexibility index (Phi) is 14.2. The van der Waals surface area contributed by atoms with Gasteiger partial charge in [0.25, 0.3) is 0 Å². The van der Waals surface area contributed by atoms with Crippen molar-refractivity contribution in [2.75, 3.05) is 20.7 Å². The van der Waals surface area contributed by atoms with Gasteiger partial charge < -0.3 is 36.4 Å². The SMILES string of the molecule is CN[C@@H](C)C(=O)N[C@H](C(=O)N1CCC[C@H]1C(=O)N[C@@H](Cc1cccc(-c2cccc(OC)c2)c1)C(N)=O)C(C)C.O=C(O)C(F)(F)F. The molecule has 1 fully saturated rings. The molecule has 2 aromatic carbocycles. The van der Waals surface area contributed by atoms with E-state index in [4.69, 9.17) is 20.4 Å². The topological polar surface area (TPSA) is 180 Å². The molecule has 1 aliphatic heterocycles. The molecule has 0 bridgehead atoms. The number of carbonyl (C=O) groups excluding carboxylic acids is 4. The van der Waals surface area contributed by atoms with Gasteiger partial charge in [-0.2, -0.15) is 13.2 Å². The van der Waals surface area contributed by atoms with Crippen LogP contribution in [0.15, 0.2) is 48.5 Å². The lowest BCUT2D eigenvalue weighted by atomic mass is 9.98. The number of hydrogen-bond acceptors (Lipinski definition) is 7. The molecule has 0 unspecified atom stereocenters. The minimum atomic E-state index is -5.08. The summed E-state index contributed by atoms with van der Waals surface area (Å²) in [6.07, 6.45) is -3.79. The van der Waals surface area contributed by atoms with Crippen molar-refractivity contribution in [2.45, 2.75) is 70.4 Å². The third-order valence-electron chi connectivity index (χ3n) is 7.57. The van der Waals surface area contributed by atoms with Crippen LogP contribution in [0.1, 0.15) is 39.2 Å². The highest BCUT2D eigenvalue weighted by molar-refractivity contribution is 5.95. The van der Waals surface area contributed by atoms with E-state index in [1.807, 2.05) is 62.4 Å². The molecule has 0 aromatic heterocycles. The van der Waals surface area contributed by atoms with Gasteiger partial charge in [-0.3, -0.25) is 19.2 Å². The fourth-order valence-electron chi connectivity index (χ4n) is 4.81. The highest BCUT2D eigenvalue weighted by atomic mass is 19.4. The van der Waals surface area contributed by atoms with Gasteiger partial charge in [0, 0.05) is 13.0 Å². The van der Waals surface area contributed by atoms with Crippen LogP contribution in [-0.4, -0.2) is 90.7 Å². The number of benzene rings is 2. The van der Waals surface area contributed by atoms with Crippen molar-refractivity contribution in [3.8, 4) is 16.9 Å². The van der Waals surface area contributed by atoms with E-state index in [1.165, 1.54) is 4.90 Å². The van der Waals surface area contributed by atoms with Gasteiger partial charge in [0.1, 0.15) is 23.9 Å². The van der Waals surface area contributed by atoms with E-state index in [2.05, 4.69) is 16.0 Å². The van der Waals surface area contributed by atoms with Gasteiger partial charge in [-0.15, -0.1) is 0 Å². The van der Waals surface area contributed by atoms with Crippen LogP contribution in [0.2, 0.25) is 0 Å². The standard InChI is InChI=1S/C30H41N5O5.C2HF3O2/c1-18(2)26(34-28(37)19(3)32-4)30(39)35-14-8-13-25(35)29(38)33-24(27(31)36)16-20-9-6-10-21(15-20)22-11-7-12-23(17-22)40-5;3-2(4,5)1(6)7/h6-7,9-12,15,17-19,24-26,32H,8,13-14,16H2,1-5H3,(H2,31,36)(H,33,38)(H,34,37);(H,6,7)/t19-,24-,25-,26-;/m0./s1. The molecular formula is C32H42F3N5O7. The van der Waals surface area contributed by atoms with E-state index >= 15 is 0 Å². The number of nitrogens with two attached hydrogens (primary N) is 1. The predicted octanol–water partition coefficient (Wildman–Crippen LogP) is 2.25. The summed E-state index contributed by atoms with van der Waals surface area (Å²) in [5.41, 5.74) is 8.41. The van der Waals surface area contributed by atoms with E-state index in [-0.39, 0.29) is 24.2 Å². The van der Waals surface area contributed by atoms with Gasteiger partial charge in [0.05, 0.1) is 13.2 Å². The molecule has 6 N–H and O–H groups in total. The number of primary amides is 1. The summed E-state index contributed by atoms with van der Waals surface area (Å²) in [6, 6.07) is 12.4. The van der Waals surface area contributed by atoms with Crippen molar-refractivity contribution < 1.29 is 47.0 Å². The Morgan fingerprint density at radius 3 is 2.15 bits per heavy atom. The van der Waals surface area contributed by atoms with Crippen LogP contribution in [0.3, 0.4) is 0 Å². The van der Waals surface area contributed by atoms with Gasteiger partial charge in [0.15, 0.2) is 0 Å². The molecule has 2 aromatic rings. The number of rotatable bonds is 12. The number of hydrogen-bond donors (Lipinski definition) is 5. The number of carboxylic acid groups (broad SMARTS) is 1. The molecule has 1 aliphatic rings. The molecular weight excluding hydrogens is 623 g/mol. The maximum atomic E-state index is 13.5. The summed E-state index contributed by atoms with van der Waals surface area (Å²) < 4.78 is 37.1. The highest BCUT2D eigenvalue weighted by Gasteiger charge is 2.40. The first-order valence-electron chi connectivity index (χ1n) is 14.9. The molecule has 4 atom stereocenters. The predicted molar refractivity (Wildman–Crippen MR) is 167 cm³/mol. The highest BCUT2D eigenvalue weighted by Crippen LogP contribution is 2.25. The second-order valence-electron chi connectivity index (χ2n) is 11.3. The zero-order chi connectivity index (χ0) is 35.5. The molecule has 1 saturated heterocycles. The lowest BCUT2D eigenvalue weighted by molar-refractivity contribution is -0.192. The minimum Gasteiger partial charge on any atom is -0.497 e. The second-order valence-corrected chi connectivity index (χ2v) is 11.3. The first-order chi connectivity index (χ1) is 22.0. The van der Waals surface area contributed by atoms with E-state index in [0.717, 1.165) is 22.4 Å². The van der Waals surface area contributed by atoms with E-state index in [1.54, 1.807) is 21.1 Å². The van der Waals surface area contributed by atoms with Gasteiger partial charge in [0.2, 0.25) is 23.6 Å². The molecule has 0 saturated carbocycles. The van der Waals surface area contributed by atoms with Crippen molar-refractivity contribution in [1.82, 2.24) is 20.9 Å². The fourth-order valence-corrected chi connectivity index (χ4v) is 4.81. The molecule has 4 amide bonds. The lowest BCUT2D eigenvalue weighted by Gasteiger charge is -2.31. The summed E-state index contributed by atoms with van der Waals surface area (Å²) in [5.74, 6) is -3.91.